The van der Waals surface area contributed by atoms with E-state index in [0.717, 1.165) is 0 Å². The maximum absolute atomic E-state index is 13.2. The molecule has 1 heterocycles. The Kier molecular flexibility index (Phi) is 4.68. The van der Waals surface area contributed by atoms with Crippen molar-refractivity contribution >= 4 is 0 Å². The third-order valence-electron chi connectivity index (χ3n) is 4.27. The van der Waals surface area contributed by atoms with E-state index in [1.807, 2.05) is 0 Å². The van der Waals surface area contributed by atoms with Gasteiger partial charge in [-0.15, -0.1) is 0 Å². The molecule has 1 unspecified atom stereocenters. The first-order valence-electron chi connectivity index (χ1n) is 7.04. The first-order chi connectivity index (χ1) is 10.1. The molecular weight excluding hydrogens is 314 g/mol. The normalized spacial score (nSPS) is 25.1. The van der Waals surface area contributed by atoms with Gasteiger partial charge in [0.25, 0.3) is 0 Å². The van der Waals surface area contributed by atoms with Gasteiger partial charge in [0.15, 0.2) is 0 Å². The van der Waals surface area contributed by atoms with Crippen LogP contribution in [0.5, 0.6) is 0 Å². The fourth-order valence-corrected chi connectivity index (χ4v) is 3.05. The van der Waals surface area contributed by atoms with E-state index < -0.39 is 23.8 Å². The molecule has 1 saturated heterocycles. The number of morpholine rings is 1. The lowest BCUT2D eigenvalue weighted by Crippen LogP contribution is -2.69. The minimum atomic E-state index is -5.57. The molecule has 0 aromatic heterocycles. The molecule has 0 bridgehead atoms. The zero-order chi connectivity index (χ0) is 16.6. The van der Waals surface area contributed by atoms with E-state index in [0.29, 0.717) is 6.42 Å². The number of nitrogens with two attached hydrogens (primary N) is 1. The molecule has 1 atom stereocenters. The maximum atomic E-state index is 13.2. The Morgan fingerprint density at radius 3 is 2.09 bits per heavy atom. The molecule has 0 saturated carbocycles. The minimum absolute atomic E-state index is 0.0479. The van der Waals surface area contributed by atoms with Crippen LogP contribution in [0.4, 0.5) is 26.3 Å². The summed E-state index contributed by atoms with van der Waals surface area (Å²) in [6.07, 6.45) is -9.22. The van der Waals surface area contributed by atoms with Crippen molar-refractivity contribution in [1.29, 1.82) is 0 Å². The molecule has 3 nitrogen and oxygen atoms in total. The van der Waals surface area contributed by atoms with Gasteiger partial charge in [0, 0.05) is 24.7 Å². The number of halogens is 6. The molecule has 0 aromatic rings. The molecular formula is C13H18F6N2O. The van der Waals surface area contributed by atoms with Crippen LogP contribution in [-0.4, -0.2) is 49.1 Å². The van der Waals surface area contributed by atoms with E-state index in [1.165, 1.54) is 11.0 Å². The van der Waals surface area contributed by atoms with Crippen LogP contribution in [0.1, 0.15) is 19.3 Å². The van der Waals surface area contributed by atoms with E-state index in [2.05, 4.69) is 0 Å². The van der Waals surface area contributed by atoms with Crippen LogP contribution in [-0.2, 0) is 4.74 Å². The lowest BCUT2D eigenvalue weighted by molar-refractivity contribution is -0.310. The Balaban J connectivity index is 2.40. The van der Waals surface area contributed by atoms with Gasteiger partial charge in [0.2, 0.25) is 5.54 Å². The number of hydrogen-bond acceptors (Lipinski definition) is 3. The minimum Gasteiger partial charge on any atom is -0.378 e. The van der Waals surface area contributed by atoms with E-state index in [1.54, 1.807) is 0 Å². The summed E-state index contributed by atoms with van der Waals surface area (Å²) in [5.74, 6) is -1.82. The second-order valence-electron chi connectivity index (χ2n) is 5.58. The van der Waals surface area contributed by atoms with Gasteiger partial charge in [-0.25, -0.2) is 0 Å². The smallest absolute Gasteiger partial charge is 0.378 e. The standard InChI is InChI=1S/C13H18F6N2O/c14-12(15,16)11(20,13(17,18)19)9-3-1-2-4-10(9)21-5-7-22-8-6-21/h4,9H,1-3,5-8,20H2. The van der Waals surface area contributed by atoms with E-state index in [9.17, 15) is 26.3 Å². The van der Waals surface area contributed by atoms with Crippen molar-refractivity contribution in [3.63, 3.8) is 0 Å². The number of alkyl halides is 6. The van der Waals surface area contributed by atoms with Gasteiger partial charge in [-0.3, -0.25) is 0 Å². The monoisotopic (exact) mass is 332 g/mol. The van der Waals surface area contributed by atoms with Crippen molar-refractivity contribution < 1.29 is 31.1 Å². The molecule has 22 heavy (non-hydrogen) atoms. The van der Waals surface area contributed by atoms with Gasteiger partial charge < -0.3 is 15.4 Å². The Labute approximate surface area is 124 Å². The quantitative estimate of drug-likeness (QED) is 0.791. The summed E-state index contributed by atoms with van der Waals surface area (Å²) < 4.78 is 84.4. The fourth-order valence-electron chi connectivity index (χ4n) is 3.05. The summed E-state index contributed by atoms with van der Waals surface area (Å²) in [4.78, 5) is 1.53. The molecule has 2 aliphatic rings. The Bertz CT molecular complexity index is 411. The van der Waals surface area contributed by atoms with E-state index in [4.69, 9.17) is 10.5 Å². The molecule has 2 N–H and O–H groups in total. The van der Waals surface area contributed by atoms with Gasteiger partial charge in [-0.1, -0.05) is 6.08 Å². The van der Waals surface area contributed by atoms with Crippen LogP contribution in [0.3, 0.4) is 0 Å². The summed E-state index contributed by atoms with van der Waals surface area (Å²) in [7, 11) is 0. The number of ether oxygens (including phenoxy) is 1. The highest BCUT2D eigenvalue weighted by atomic mass is 19.4. The van der Waals surface area contributed by atoms with Crippen LogP contribution >= 0.6 is 0 Å². The van der Waals surface area contributed by atoms with Crippen LogP contribution in [0.2, 0.25) is 0 Å². The maximum Gasteiger partial charge on any atom is 0.415 e. The second-order valence-corrected chi connectivity index (χ2v) is 5.58. The highest BCUT2D eigenvalue weighted by Crippen LogP contribution is 2.51. The molecule has 0 aromatic carbocycles. The highest BCUT2D eigenvalue weighted by Gasteiger charge is 2.72. The zero-order valence-corrected chi connectivity index (χ0v) is 11.8. The number of nitrogens with zero attached hydrogens (tertiary/aromatic N) is 1. The molecule has 0 spiro atoms. The Hall–Kier alpha value is -0.960. The molecule has 1 aliphatic carbocycles. The molecule has 1 aliphatic heterocycles. The van der Waals surface area contributed by atoms with Crippen molar-refractivity contribution in [3.8, 4) is 0 Å². The van der Waals surface area contributed by atoms with Crippen LogP contribution in [0.25, 0.3) is 0 Å². The topological polar surface area (TPSA) is 38.5 Å². The van der Waals surface area contributed by atoms with Crippen molar-refractivity contribution in [2.24, 2.45) is 11.7 Å². The van der Waals surface area contributed by atoms with Crippen molar-refractivity contribution in [1.82, 2.24) is 4.90 Å². The fraction of sp³-hybridized carbons (Fsp3) is 0.846. The van der Waals surface area contributed by atoms with Crippen molar-refractivity contribution in [3.05, 3.63) is 11.8 Å². The predicted molar refractivity (Wildman–Crippen MR) is 66.8 cm³/mol. The van der Waals surface area contributed by atoms with E-state index >= 15 is 0 Å². The highest BCUT2D eigenvalue weighted by molar-refractivity contribution is 5.20. The van der Waals surface area contributed by atoms with Crippen LogP contribution in [0.15, 0.2) is 11.8 Å². The number of hydrogen-bond donors (Lipinski definition) is 1. The summed E-state index contributed by atoms with van der Waals surface area (Å²) >= 11 is 0. The second kappa shape index (κ2) is 5.92. The third-order valence-corrected chi connectivity index (χ3v) is 4.27. The van der Waals surface area contributed by atoms with Gasteiger partial charge in [0.05, 0.1) is 13.2 Å². The first-order valence-corrected chi connectivity index (χ1v) is 7.04. The number of rotatable bonds is 2. The van der Waals surface area contributed by atoms with Crippen molar-refractivity contribution in [2.45, 2.75) is 37.2 Å². The molecule has 128 valence electrons. The first kappa shape index (κ1) is 17.4. The largest absolute Gasteiger partial charge is 0.415 e. The van der Waals surface area contributed by atoms with Crippen molar-refractivity contribution in [2.75, 3.05) is 26.3 Å². The van der Waals surface area contributed by atoms with Gasteiger partial charge in [-0.05, 0) is 19.3 Å². The molecule has 0 radical (unpaired) electrons. The molecule has 9 heteroatoms. The lowest BCUT2D eigenvalue weighted by atomic mass is 9.74. The van der Waals surface area contributed by atoms with Gasteiger partial charge in [0.1, 0.15) is 0 Å². The Morgan fingerprint density at radius 1 is 1.05 bits per heavy atom. The van der Waals surface area contributed by atoms with Crippen LogP contribution in [0, 0.1) is 5.92 Å². The summed E-state index contributed by atoms with van der Waals surface area (Å²) in [6.45, 7) is 1.10. The third kappa shape index (κ3) is 2.92. The summed E-state index contributed by atoms with van der Waals surface area (Å²) in [6, 6.07) is 0. The molecule has 2 rings (SSSR count). The zero-order valence-electron chi connectivity index (χ0n) is 11.8. The molecule has 1 fully saturated rings. The SMILES string of the molecule is NC(C1CCCC=C1N1CCOCC1)(C(F)(F)F)C(F)(F)F. The summed E-state index contributed by atoms with van der Waals surface area (Å²) in [5.41, 5.74) is 0.791. The van der Waals surface area contributed by atoms with Gasteiger partial charge in [-0.2, -0.15) is 26.3 Å². The number of allylic oxidation sites excluding steroid dienone is 1. The van der Waals surface area contributed by atoms with Gasteiger partial charge >= 0.3 is 12.4 Å². The Morgan fingerprint density at radius 2 is 1.59 bits per heavy atom. The lowest BCUT2D eigenvalue weighted by Gasteiger charge is -2.46. The van der Waals surface area contributed by atoms with E-state index in [-0.39, 0.29) is 44.8 Å². The average molecular weight is 332 g/mol. The average Bonchev–Trinajstić information content (AvgIpc) is 2.45. The molecule has 0 amide bonds. The predicted octanol–water partition coefficient (Wildman–Crippen LogP) is 2.82. The summed E-state index contributed by atoms with van der Waals surface area (Å²) in [5, 5.41) is 0. The van der Waals surface area contributed by atoms with Crippen LogP contribution < -0.4 is 5.73 Å².